The Kier molecular flexibility index (Phi) is 6.09. The van der Waals surface area contributed by atoms with Crippen LogP contribution in [0.1, 0.15) is 30.0 Å². The van der Waals surface area contributed by atoms with Gasteiger partial charge in [-0.15, -0.1) is 0 Å². The van der Waals surface area contributed by atoms with E-state index in [1.54, 1.807) is 12.1 Å². The lowest BCUT2D eigenvalue weighted by atomic mass is 9.99. The molecule has 0 saturated carbocycles. The smallest absolute Gasteiger partial charge is 0.282 e. The molecule has 6 heteroatoms. The highest BCUT2D eigenvalue weighted by Crippen LogP contribution is 2.36. The van der Waals surface area contributed by atoms with Crippen LogP contribution in [0, 0.1) is 13.8 Å². The Morgan fingerprint density at radius 3 is 2.45 bits per heavy atom. The summed E-state index contributed by atoms with van der Waals surface area (Å²) >= 11 is 0. The lowest BCUT2D eigenvalue weighted by Crippen LogP contribution is -2.40. The van der Waals surface area contributed by atoms with Crippen molar-refractivity contribution in [3.05, 3.63) is 64.9 Å². The van der Waals surface area contributed by atoms with Crippen LogP contribution in [0.3, 0.4) is 0 Å². The average molecular weight is 421 g/mol. The van der Waals surface area contributed by atoms with Gasteiger partial charge in [-0.05, 0) is 49.1 Å². The zero-order valence-corrected chi connectivity index (χ0v) is 18.3. The molecule has 6 nitrogen and oxygen atoms in total. The summed E-state index contributed by atoms with van der Waals surface area (Å²) in [6, 6.07) is 13.1. The predicted octanol–water partition coefficient (Wildman–Crippen LogP) is 3.71. The fourth-order valence-electron chi connectivity index (χ4n) is 3.92. The summed E-state index contributed by atoms with van der Waals surface area (Å²) in [7, 11) is 0. The van der Waals surface area contributed by atoms with E-state index in [1.807, 2.05) is 56.0 Å². The van der Waals surface area contributed by atoms with Crippen molar-refractivity contribution >= 4 is 23.1 Å². The van der Waals surface area contributed by atoms with Crippen LogP contribution < -0.4 is 9.64 Å². The molecule has 0 radical (unpaired) electrons. The number of aryl methyl sites for hydroxylation is 2. The number of carbonyl (C=O) groups excluding carboxylic acids is 2. The largest absolute Gasteiger partial charge is 0.494 e. The van der Waals surface area contributed by atoms with Crippen molar-refractivity contribution in [1.82, 2.24) is 4.90 Å². The van der Waals surface area contributed by atoms with Crippen molar-refractivity contribution in [1.29, 1.82) is 0 Å². The van der Waals surface area contributed by atoms with Gasteiger partial charge in [0.1, 0.15) is 11.4 Å². The van der Waals surface area contributed by atoms with E-state index >= 15 is 0 Å². The topological polar surface area (TPSA) is 59.1 Å². The Morgan fingerprint density at radius 1 is 0.968 bits per heavy atom. The summed E-state index contributed by atoms with van der Waals surface area (Å²) in [5.74, 6) is 0.0441. The number of ether oxygens (including phenoxy) is 2. The Labute approximate surface area is 183 Å². The number of amides is 2. The minimum absolute atomic E-state index is 0.298. The summed E-state index contributed by atoms with van der Waals surface area (Å²) in [6.07, 6.45) is 0.880. The van der Waals surface area contributed by atoms with Gasteiger partial charge in [0.15, 0.2) is 0 Å². The number of hydrogen-bond acceptors (Lipinski definition) is 5. The van der Waals surface area contributed by atoms with E-state index in [0.29, 0.717) is 55.6 Å². The maximum absolute atomic E-state index is 13.6. The Balaban J connectivity index is 1.78. The van der Waals surface area contributed by atoms with Crippen LogP contribution in [0.4, 0.5) is 5.69 Å². The summed E-state index contributed by atoms with van der Waals surface area (Å²) in [4.78, 5) is 30.5. The van der Waals surface area contributed by atoms with Gasteiger partial charge in [-0.25, -0.2) is 4.90 Å². The van der Waals surface area contributed by atoms with Gasteiger partial charge in [0.2, 0.25) is 0 Å². The van der Waals surface area contributed by atoms with E-state index in [0.717, 1.165) is 23.1 Å². The van der Waals surface area contributed by atoms with E-state index in [2.05, 4.69) is 0 Å². The van der Waals surface area contributed by atoms with Gasteiger partial charge in [0.05, 0.1) is 31.1 Å². The third kappa shape index (κ3) is 4.08. The van der Waals surface area contributed by atoms with E-state index in [1.165, 1.54) is 4.90 Å². The minimum Gasteiger partial charge on any atom is -0.494 e. The van der Waals surface area contributed by atoms with E-state index in [9.17, 15) is 9.59 Å². The molecule has 0 bridgehead atoms. The Bertz CT molecular complexity index is 1040. The normalized spacial score (nSPS) is 17.0. The van der Waals surface area contributed by atoms with Gasteiger partial charge in [0, 0.05) is 19.2 Å². The molecular formula is C25H28N2O4. The van der Waals surface area contributed by atoms with Crippen molar-refractivity contribution in [3.8, 4) is 5.75 Å². The number of anilines is 1. The van der Waals surface area contributed by atoms with Crippen molar-refractivity contribution in [2.24, 2.45) is 0 Å². The molecule has 162 valence electrons. The Morgan fingerprint density at radius 2 is 1.74 bits per heavy atom. The molecular weight excluding hydrogens is 392 g/mol. The standard InChI is InChI=1S/C25H28N2O4/c1-4-12-31-21-7-5-6-20(16-21)27-24(28)22(19-9-8-17(2)18(3)15-19)23(25(27)29)26-10-13-30-14-11-26/h5-9,15-16H,4,10-14H2,1-3H3. The SMILES string of the molecule is CCCOc1cccc(N2C(=O)C(c3ccc(C)c(C)c3)=C(N3CCOCC3)C2=O)c1. The third-order valence-electron chi connectivity index (χ3n) is 5.73. The first-order chi connectivity index (χ1) is 15.0. The summed E-state index contributed by atoms with van der Waals surface area (Å²) < 4.78 is 11.2. The van der Waals surface area contributed by atoms with Gasteiger partial charge in [0.25, 0.3) is 11.8 Å². The van der Waals surface area contributed by atoms with Crippen LogP contribution in [0.25, 0.3) is 5.57 Å². The van der Waals surface area contributed by atoms with E-state index in [-0.39, 0.29) is 11.8 Å². The molecule has 1 fully saturated rings. The summed E-state index contributed by atoms with van der Waals surface area (Å²) in [5.41, 5.74) is 4.43. The molecule has 4 rings (SSSR count). The highest BCUT2D eigenvalue weighted by Gasteiger charge is 2.42. The number of hydrogen-bond donors (Lipinski definition) is 0. The molecule has 1 saturated heterocycles. The highest BCUT2D eigenvalue weighted by molar-refractivity contribution is 6.45. The second-order valence-electron chi connectivity index (χ2n) is 7.91. The third-order valence-corrected chi connectivity index (χ3v) is 5.73. The fraction of sp³-hybridized carbons (Fsp3) is 0.360. The summed E-state index contributed by atoms with van der Waals surface area (Å²) in [6.45, 7) is 8.89. The summed E-state index contributed by atoms with van der Waals surface area (Å²) in [5, 5.41) is 0. The second kappa shape index (κ2) is 8.94. The van der Waals surface area contributed by atoms with Crippen molar-refractivity contribution in [2.45, 2.75) is 27.2 Å². The van der Waals surface area contributed by atoms with Crippen molar-refractivity contribution in [2.75, 3.05) is 37.8 Å². The number of benzene rings is 2. The molecule has 0 unspecified atom stereocenters. The van der Waals surface area contributed by atoms with Crippen LogP contribution >= 0.6 is 0 Å². The monoisotopic (exact) mass is 420 g/mol. The molecule has 0 aliphatic carbocycles. The lowest BCUT2D eigenvalue weighted by Gasteiger charge is -2.29. The average Bonchev–Trinajstić information content (AvgIpc) is 3.05. The molecule has 0 aromatic heterocycles. The number of imide groups is 1. The molecule has 2 aliphatic heterocycles. The molecule has 2 heterocycles. The highest BCUT2D eigenvalue weighted by atomic mass is 16.5. The zero-order valence-electron chi connectivity index (χ0n) is 18.3. The van der Waals surface area contributed by atoms with Crippen LogP contribution in [0.2, 0.25) is 0 Å². The molecule has 2 aromatic carbocycles. The maximum atomic E-state index is 13.6. The first-order valence-electron chi connectivity index (χ1n) is 10.8. The maximum Gasteiger partial charge on any atom is 0.282 e. The quantitative estimate of drug-likeness (QED) is 0.667. The Hall–Kier alpha value is -3.12. The van der Waals surface area contributed by atoms with Gasteiger partial charge >= 0.3 is 0 Å². The molecule has 2 amide bonds. The minimum atomic E-state index is -0.303. The van der Waals surface area contributed by atoms with Crippen LogP contribution in [0.5, 0.6) is 5.75 Å². The van der Waals surface area contributed by atoms with Gasteiger partial charge < -0.3 is 14.4 Å². The zero-order chi connectivity index (χ0) is 22.0. The number of rotatable bonds is 6. The van der Waals surface area contributed by atoms with Gasteiger partial charge in [-0.3, -0.25) is 9.59 Å². The number of nitrogens with zero attached hydrogens (tertiary/aromatic N) is 2. The molecule has 2 aliphatic rings. The molecule has 0 atom stereocenters. The van der Waals surface area contributed by atoms with Crippen LogP contribution in [0.15, 0.2) is 48.2 Å². The van der Waals surface area contributed by atoms with Crippen LogP contribution in [-0.4, -0.2) is 49.6 Å². The molecule has 0 spiro atoms. The lowest BCUT2D eigenvalue weighted by molar-refractivity contribution is -0.121. The first kappa shape index (κ1) is 21.1. The van der Waals surface area contributed by atoms with Gasteiger partial charge in [-0.2, -0.15) is 0 Å². The van der Waals surface area contributed by atoms with Gasteiger partial charge in [-0.1, -0.05) is 31.2 Å². The van der Waals surface area contributed by atoms with Crippen molar-refractivity contribution < 1.29 is 19.1 Å². The molecule has 31 heavy (non-hydrogen) atoms. The number of carbonyl (C=O) groups is 2. The number of morpholine rings is 1. The van der Waals surface area contributed by atoms with E-state index in [4.69, 9.17) is 9.47 Å². The predicted molar refractivity (Wildman–Crippen MR) is 120 cm³/mol. The van der Waals surface area contributed by atoms with Crippen molar-refractivity contribution in [3.63, 3.8) is 0 Å². The second-order valence-corrected chi connectivity index (χ2v) is 7.91. The van der Waals surface area contributed by atoms with Crippen LogP contribution in [-0.2, 0) is 14.3 Å². The molecule has 2 aromatic rings. The van der Waals surface area contributed by atoms with E-state index < -0.39 is 0 Å². The first-order valence-corrected chi connectivity index (χ1v) is 10.8. The molecule has 0 N–H and O–H groups in total. The fourth-order valence-corrected chi connectivity index (χ4v) is 3.92.